The molecule has 2 heterocycles. The van der Waals surface area contributed by atoms with E-state index in [-0.39, 0.29) is 23.4 Å². The van der Waals surface area contributed by atoms with Crippen LogP contribution in [0.5, 0.6) is 5.75 Å². The average molecular weight is 306 g/mol. The minimum absolute atomic E-state index is 0.0475. The molecule has 2 amide bonds. The van der Waals surface area contributed by atoms with E-state index in [9.17, 15) is 9.59 Å². The van der Waals surface area contributed by atoms with Crippen LogP contribution in [0.25, 0.3) is 0 Å². The first-order valence-corrected chi connectivity index (χ1v) is 7.02. The van der Waals surface area contributed by atoms with Gasteiger partial charge in [-0.15, -0.1) is 0 Å². The molecule has 2 atom stereocenters. The molecule has 2 N–H and O–H groups in total. The van der Waals surface area contributed by atoms with E-state index < -0.39 is 12.2 Å². The minimum atomic E-state index is -0.545. The zero-order valence-corrected chi connectivity index (χ0v) is 12.0. The number of carbonyl (C=O) groups excluding carboxylic acids is 2. The first kappa shape index (κ1) is 14.0. The molecule has 0 spiro atoms. The highest BCUT2D eigenvalue weighted by Gasteiger charge is 2.47. The van der Waals surface area contributed by atoms with Crippen LogP contribution in [0, 0.1) is 0 Å². The summed E-state index contributed by atoms with van der Waals surface area (Å²) in [5.41, 5.74) is 5.82. The molecule has 2 aliphatic heterocycles. The third kappa shape index (κ3) is 2.50. The second kappa shape index (κ2) is 5.42. The van der Waals surface area contributed by atoms with Gasteiger partial charge in [0.15, 0.2) is 0 Å². The number of benzene rings is 1. The van der Waals surface area contributed by atoms with Gasteiger partial charge in [-0.2, -0.15) is 0 Å². The van der Waals surface area contributed by atoms with E-state index in [1.54, 1.807) is 24.3 Å². The van der Waals surface area contributed by atoms with Crippen molar-refractivity contribution in [3.05, 3.63) is 24.3 Å². The first-order chi connectivity index (χ1) is 10.1. The van der Waals surface area contributed by atoms with Crippen molar-refractivity contribution in [2.24, 2.45) is 5.73 Å². The van der Waals surface area contributed by atoms with Gasteiger partial charge in [-0.05, 0) is 25.0 Å². The topological polar surface area (TPSA) is 81.9 Å². The van der Waals surface area contributed by atoms with Crippen molar-refractivity contribution in [3.8, 4) is 5.75 Å². The molecular formula is C14H14N2O4S. The Balaban J connectivity index is 1.94. The Morgan fingerprint density at radius 3 is 2.52 bits per heavy atom. The maximum absolute atomic E-state index is 12.4. The van der Waals surface area contributed by atoms with Gasteiger partial charge in [0.05, 0.1) is 5.69 Å². The molecule has 0 radical (unpaired) electrons. The molecule has 6 nitrogen and oxygen atoms in total. The van der Waals surface area contributed by atoms with E-state index in [1.807, 2.05) is 0 Å². The van der Waals surface area contributed by atoms with Gasteiger partial charge in [0.1, 0.15) is 29.6 Å². The van der Waals surface area contributed by atoms with Gasteiger partial charge >= 0.3 is 0 Å². The van der Waals surface area contributed by atoms with E-state index in [0.717, 1.165) is 4.90 Å². The van der Waals surface area contributed by atoms with Gasteiger partial charge in [0.25, 0.3) is 11.8 Å². The number of nitrogens with two attached hydrogens (primary N) is 1. The molecule has 7 heteroatoms. The molecule has 2 saturated heterocycles. The number of ether oxygens (including phenoxy) is 2. The Bertz CT molecular complexity index is 597. The van der Waals surface area contributed by atoms with Crippen molar-refractivity contribution in [1.82, 2.24) is 0 Å². The fourth-order valence-electron chi connectivity index (χ4n) is 2.55. The smallest absolute Gasteiger partial charge is 0.263 e. The Morgan fingerprint density at radius 1 is 1.29 bits per heavy atom. The number of rotatable bonds is 4. The van der Waals surface area contributed by atoms with E-state index in [4.69, 9.17) is 27.4 Å². The summed E-state index contributed by atoms with van der Waals surface area (Å²) in [5.74, 6) is -0.298. The van der Waals surface area contributed by atoms with Crippen molar-refractivity contribution in [3.63, 3.8) is 0 Å². The first-order valence-electron chi connectivity index (χ1n) is 6.61. The predicted molar refractivity (Wildman–Crippen MR) is 79.1 cm³/mol. The van der Waals surface area contributed by atoms with Crippen LogP contribution in [-0.4, -0.2) is 35.6 Å². The summed E-state index contributed by atoms with van der Waals surface area (Å²) in [4.78, 5) is 26.1. The third-order valence-corrected chi connectivity index (χ3v) is 3.61. The van der Waals surface area contributed by atoms with Gasteiger partial charge in [0, 0.05) is 0 Å². The molecule has 2 bridgehead atoms. The number of para-hydroxylation sites is 2. The van der Waals surface area contributed by atoms with Crippen LogP contribution in [-0.2, 0) is 14.3 Å². The summed E-state index contributed by atoms with van der Waals surface area (Å²) in [6, 6.07) is 6.82. The molecule has 0 saturated carbocycles. The van der Waals surface area contributed by atoms with E-state index in [0.29, 0.717) is 24.3 Å². The third-order valence-electron chi connectivity index (χ3n) is 3.49. The summed E-state index contributed by atoms with van der Waals surface area (Å²) in [7, 11) is 0. The predicted octanol–water partition coefficient (Wildman–Crippen LogP) is 0.772. The van der Waals surface area contributed by atoms with Crippen molar-refractivity contribution >= 4 is 34.7 Å². The number of carbonyl (C=O) groups is 2. The second-order valence-corrected chi connectivity index (χ2v) is 5.45. The van der Waals surface area contributed by atoms with Crippen LogP contribution in [0.1, 0.15) is 12.8 Å². The molecular weight excluding hydrogens is 292 g/mol. The van der Waals surface area contributed by atoms with E-state index >= 15 is 0 Å². The maximum Gasteiger partial charge on any atom is 0.263 e. The molecule has 0 aliphatic carbocycles. The monoisotopic (exact) mass is 306 g/mol. The SMILES string of the molecule is NC(=S)COc1ccccc1N1C(=O)C2CCC(O2)C1=O. The second-order valence-electron chi connectivity index (χ2n) is 4.93. The van der Waals surface area contributed by atoms with Gasteiger partial charge in [0.2, 0.25) is 0 Å². The number of thiocarbonyl (C=S) groups is 1. The average Bonchev–Trinajstić information content (AvgIpc) is 2.91. The number of hydrogen-bond acceptors (Lipinski definition) is 5. The van der Waals surface area contributed by atoms with Gasteiger partial charge in [-0.3, -0.25) is 9.59 Å². The normalized spacial score (nSPS) is 24.3. The fourth-order valence-corrected chi connectivity index (χ4v) is 2.61. The van der Waals surface area contributed by atoms with E-state index in [2.05, 4.69) is 0 Å². The molecule has 1 aromatic carbocycles. The molecule has 1 aromatic rings. The number of amides is 2. The Hall–Kier alpha value is -1.99. The maximum atomic E-state index is 12.4. The molecule has 2 aliphatic rings. The van der Waals surface area contributed by atoms with Crippen LogP contribution in [0.15, 0.2) is 24.3 Å². The van der Waals surface area contributed by atoms with Crippen LogP contribution >= 0.6 is 12.2 Å². The number of imide groups is 1. The van der Waals surface area contributed by atoms with Crippen molar-refractivity contribution in [1.29, 1.82) is 0 Å². The molecule has 2 fully saturated rings. The van der Waals surface area contributed by atoms with Gasteiger partial charge in [-0.25, -0.2) is 4.90 Å². The number of anilines is 1. The Morgan fingerprint density at radius 2 is 1.90 bits per heavy atom. The van der Waals surface area contributed by atoms with Crippen LogP contribution in [0.2, 0.25) is 0 Å². The van der Waals surface area contributed by atoms with Crippen LogP contribution in [0.3, 0.4) is 0 Å². The Kier molecular flexibility index (Phi) is 3.60. The summed E-state index contributed by atoms with van der Waals surface area (Å²) >= 11 is 4.77. The van der Waals surface area contributed by atoms with Crippen molar-refractivity contribution in [2.45, 2.75) is 25.0 Å². The summed E-state index contributed by atoms with van der Waals surface area (Å²) in [5, 5.41) is 0. The largest absolute Gasteiger partial charge is 0.484 e. The lowest BCUT2D eigenvalue weighted by Crippen LogP contribution is -2.52. The lowest BCUT2D eigenvalue weighted by atomic mass is 10.2. The summed E-state index contributed by atoms with van der Waals surface area (Å²) < 4.78 is 10.9. The molecule has 2 unspecified atom stereocenters. The molecule has 110 valence electrons. The number of nitrogens with zero attached hydrogens (tertiary/aromatic N) is 1. The molecule has 21 heavy (non-hydrogen) atoms. The highest BCUT2D eigenvalue weighted by molar-refractivity contribution is 7.80. The number of morpholine rings is 1. The highest BCUT2D eigenvalue weighted by Crippen LogP contribution is 2.36. The van der Waals surface area contributed by atoms with E-state index in [1.165, 1.54) is 0 Å². The lowest BCUT2D eigenvalue weighted by Gasteiger charge is -2.30. The summed E-state index contributed by atoms with van der Waals surface area (Å²) in [6.07, 6.45) is 0.0521. The standard InChI is InChI=1S/C14H14N2O4S/c15-12(21)7-19-9-4-2-1-3-8(9)16-13(17)10-5-6-11(20-10)14(16)18/h1-4,10-11H,5-7H2,(H2,15,21). The zero-order valence-electron chi connectivity index (χ0n) is 11.2. The zero-order chi connectivity index (χ0) is 15.0. The quantitative estimate of drug-likeness (QED) is 0.654. The molecule has 0 aromatic heterocycles. The van der Waals surface area contributed by atoms with Crippen molar-refractivity contribution in [2.75, 3.05) is 11.5 Å². The summed E-state index contributed by atoms with van der Waals surface area (Å²) in [6.45, 7) is 0.0475. The minimum Gasteiger partial charge on any atom is -0.484 e. The number of hydrogen-bond donors (Lipinski definition) is 1. The Labute approximate surface area is 126 Å². The highest BCUT2D eigenvalue weighted by atomic mass is 32.1. The lowest BCUT2D eigenvalue weighted by molar-refractivity contribution is -0.146. The van der Waals surface area contributed by atoms with Crippen LogP contribution < -0.4 is 15.4 Å². The fraction of sp³-hybridized carbons (Fsp3) is 0.357. The van der Waals surface area contributed by atoms with Gasteiger partial charge in [-0.1, -0.05) is 24.4 Å². The number of fused-ring (bicyclic) bond motifs is 2. The van der Waals surface area contributed by atoms with Gasteiger partial charge < -0.3 is 15.2 Å². The molecule has 3 rings (SSSR count). The van der Waals surface area contributed by atoms with Crippen LogP contribution in [0.4, 0.5) is 5.69 Å². The van der Waals surface area contributed by atoms with Crippen molar-refractivity contribution < 1.29 is 19.1 Å².